The predicted molar refractivity (Wildman–Crippen MR) is 110 cm³/mol. The van der Waals surface area contributed by atoms with Gasteiger partial charge in [0, 0.05) is 36.6 Å². The van der Waals surface area contributed by atoms with E-state index in [1.807, 2.05) is 30.3 Å². The monoisotopic (exact) mass is 389 g/mol. The van der Waals surface area contributed by atoms with E-state index in [1.165, 1.54) is 29.8 Å². The largest absolute Gasteiger partial charge is 0.417 e. The van der Waals surface area contributed by atoms with Crippen LogP contribution >= 0.6 is 0 Å². The molecule has 3 aromatic carbocycles. The van der Waals surface area contributed by atoms with Crippen LogP contribution in [0, 0.1) is 10.1 Å². The molecular formula is C22H19N3O4. The van der Waals surface area contributed by atoms with Crippen molar-refractivity contribution in [1.82, 2.24) is 0 Å². The zero-order chi connectivity index (χ0) is 20.2. The molecule has 7 nitrogen and oxygen atoms in total. The van der Waals surface area contributed by atoms with Gasteiger partial charge >= 0.3 is 6.09 Å². The highest BCUT2D eigenvalue weighted by Crippen LogP contribution is 2.32. The smallest absolute Gasteiger partial charge is 0.410 e. The van der Waals surface area contributed by atoms with E-state index >= 15 is 0 Å². The van der Waals surface area contributed by atoms with E-state index in [9.17, 15) is 14.9 Å². The van der Waals surface area contributed by atoms with Gasteiger partial charge in [-0.15, -0.1) is 0 Å². The van der Waals surface area contributed by atoms with Crippen molar-refractivity contribution in [2.24, 2.45) is 0 Å². The molecule has 4 rings (SSSR count). The molecule has 0 bridgehead atoms. The van der Waals surface area contributed by atoms with Gasteiger partial charge in [-0.3, -0.25) is 15.4 Å². The lowest BCUT2D eigenvalue weighted by atomic mass is 10.1. The van der Waals surface area contributed by atoms with Crippen LogP contribution in [0.25, 0.3) is 0 Å². The molecule has 0 saturated heterocycles. The summed E-state index contributed by atoms with van der Waals surface area (Å²) in [7, 11) is 0. The number of nitro benzene ring substituents is 1. The number of rotatable bonds is 5. The summed E-state index contributed by atoms with van der Waals surface area (Å²) in [5.74, 6) is 0.463. The van der Waals surface area contributed by atoms with Gasteiger partial charge in [-0.2, -0.15) is 0 Å². The first-order valence-electron chi connectivity index (χ1n) is 9.23. The van der Waals surface area contributed by atoms with Crippen LogP contribution in [-0.4, -0.2) is 17.6 Å². The van der Waals surface area contributed by atoms with Crippen molar-refractivity contribution in [3.05, 3.63) is 94.0 Å². The Bertz CT molecular complexity index is 1040. The molecule has 7 heteroatoms. The Morgan fingerprint density at radius 2 is 1.83 bits per heavy atom. The molecule has 3 aromatic rings. The highest BCUT2D eigenvalue weighted by atomic mass is 16.6. The van der Waals surface area contributed by atoms with Crippen LogP contribution in [0.3, 0.4) is 0 Å². The molecule has 0 radical (unpaired) electrons. The van der Waals surface area contributed by atoms with Gasteiger partial charge < -0.3 is 9.64 Å². The lowest BCUT2D eigenvalue weighted by Crippen LogP contribution is -2.19. The zero-order valence-corrected chi connectivity index (χ0v) is 15.6. The van der Waals surface area contributed by atoms with Crippen LogP contribution in [0.15, 0.2) is 72.8 Å². The van der Waals surface area contributed by atoms with E-state index in [1.54, 1.807) is 6.07 Å². The van der Waals surface area contributed by atoms with Crippen LogP contribution in [0.4, 0.5) is 21.9 Å². The summed E-state index contributed by atoms with van der Waals surface area (Å²) in [6.45, 7) is 1.76. The fourth-order valence-corrected chi connectivity index (χ4v) is 3.39. The van der Waals surface area contributed by atoms with Crippen LogP contribution in [0.2, 0.25) is 0 Å². The van der Waals surface area contributed by atoms with E-state index in [4.69, 9.17) is 4.74 Å². The summed E-state index contributed by atoms with van der Waals surface area (Å²) >= 11 is 0. The first kappa shape index (κ1) is 18.5. The number of amides is 1. The third kappa shape index (κ3) is 4.35. The van der Waals surface area contributed by atoms with Crippen LogP contribution < -0.4 is 15.0 Å². The van der Waals surface area contributed by atoms with Crippen molar-refractivity contribution in [2.75, 3.05) is 16.8 Å². The molecule has 0 fully saturated rings. The van der Waals surface area contributed by atoms with Crippen LogP contribution in [0.5, 0.6) is 5.75 Å². The second-order valence-electron chi connectivity index (χ2n) is 6.77. The Labute approximate surface area is 167 Å². The fraction of sp³-hybridized carbons (Fsp3) is 0.136. The maximum Gasteiger partial charge on any atom is 0.417 e. The van der Waals surface area contributed by atoms with Crippen molar-refractivity contribution in [2.45, 2.75) is 13.0 Å². The van der Waals surface area contributed by atoms with Crippen LogP contribution in [-0.2, 0) is 13.0 Å². The molecule has 1 aliphatic rings. The first-order valence-corrected chi connectivity index (χ1v) is 9.23. The molecule has 29 heavy (non-hydrogen) atoms. The number of nitro groups is 1. The van der Waals surface area contributed by atoms with Crippen molar-refractivity contribution in [3.8, 4) is 5.75 Å². The Balaban J connectivity index is 1.39. The maximum atomic E-state index is 12.1. The number of carbonyl (C=O) groups is 1. The number of hydrogen-bond donors (Lipinski definition) is 1. The standard InChI is InChI=1S/C22H19N3O4/c26-22(23-18-6-8-19(9-7-18)25(27)28)29-20-10-11-21-17(14-20)12-13-24(21)15-16-4-2-1-3-5-16/h1-11,14H,12-13,15H2,(H,23,26). The Morgan fingerprint density at radius 3 is 2.55 bits per heavy atom. The summed E-state index contributed by atoms with van der Waals surface area (Å²) < 4.78 is 5.37. The summed E-state index contributed by atoms with van der Waals surface area (Å²) in [4.78, 5) is 24.6. The number of non-ortho nitro benzene ring substituents is 1. The molecule has 146 valence electrons. The molecule has 0 aromatic heterocycles. The Morgan fingerprint density at radius 1 is 1.07 bits per heavy atom. The SMILES string of the molecule is O=C(Nc1ccc([N+](=O)[O-])cc1)Oc1ccc2c(c1)CCN2Cc1ccccc1. The molecule has 1 amide bonds. The third-order valence-corrected chi connectivity index (χ3v) is 4.79. The van der Waals surface area contributed by atoms with Gasteiger partial charge in [0.25, 0.3) is 5.69 Å². The lowest BCUT2D eigenvalue weighted by Gasteiger charge is -2.19. The number of nitrogens with zero attached hydrogens (tertiary/aromatic N) is 2. The number of nitrogens with one attached hydrogen (secondary N) is 1. The fourth-order valence-electron chi connectivity index (χ4n) is 3.39. The number of ether oxygens (including phenoxy) is 1. The second kappa shape index (κ2) is 8.02. The number of fused-ring (bicyclic) bond motifs is 1. The van der Waals surface area contributed by atoms with Gasteiger partial charge in [-0.1, -0.05) is 30.3 Å². The van der Waals surface area contributed by atoms with E-state index in [0.717, 1.165) is 30.8 Å². The predicted octanol–water partition coefficient (Wildman–Crippen LogP) is 4.77. The average Bonchev–Trinajstić information content (AvgIpc) is 3.11. The van der Waals surface area contributed by atoms with Crippen molar-refractivity contribution >= 4 is 23.2 Å². The topological polar surface area (TPSA) is 84.7 Å². The van der Waals surface area contributed by atoms with E-state index in [2.05, 4.69) is 22.3 Å². The average molecular weight is 389 g/mol. The molecule has 0 unspecified atom stereocenters. The third-order valence-electron chi connectivity index (χ3n) is 4.79. The van der Waals surface area contributed by atoms with Gasteiger partial charge in [-0.25, -0.2) is 4.79 Å². The molecule has 0 aliphatic carbocycles. The van der Waals surface area contributed by atoms with E-state index < -0.39 is 11.0 Å². The number of anilines is 2. The highest BCUT2D eigenvalue weighted by molar-refractivity contribution is 5.86. The van der Waals surface area contributed by atoms with Crippen molar-refractivity contribution < 1.29 is 14.5 Å². The number of carbonyl (C=O) groups excluding carboxylic acids is 1. The summed E-state index contributed by atoms with van der Waals surface area (Å²) in [6, 6.07) is 21.5. The molecule has 0 atom stereocenters. The molecule has 0 spiro atoms. The van der Waals surface area contributed by atoms with E-state index in [0.29, 0.717) is 11.4 Å². The number of benzene rings is 3. The molecule has 1 heterocycles. The molecule has 1 aliphatic heterocycles. The van der Waals surface area contributed by atoms with Gasteiger partial charge in [-0.05, 0) is 47.9 Å². The minimum absolute atomic E-state index is 0.0393. The molecule has 0 saturated carbocycles. The molecule has 1 N–H and O–H groups in total. The Kier molecular flexibility index (Phi) is 5.11. The second-order valence-corrected chi connectivity index (χ2v) is 6.77. The highest BCUT2D eigenvalue weighted by Gasteiger charge is 2.20. The van der Waals surface area contributed by atoms with Crippen molar-refractivity contribution in [1.29, 1.82) is 0 Å². The van der Waals surface area contributed by atoms with Gasteiger partial charge in [0.15, 0.2) is 0 Å². The summed E-state index contributed by atoms with van der Waals surface area (Å²) in [5.41, 5.74) is 3.93. The zero-order valence-electron chi connectivity index (χ0n) is 15.6. The van der Waals surface area contributed by atoms with Gasteiger partial charge in [0.1, 0.15) is 5.75 Å². The lowest BCUT2D eigenvalue weighted by molar-refractivity contribution is -0.384. The van der Waals surface area contributed by atoms with Gasteiger partial charge in [0.05, 0.1) is 4.92 Å². The van der Waals surface area contributed by atoms with Gasteiger partial charge in [0.2, 0.25) is 0 Å². The normalized spacial score (nSPS) is 12.3. The number of hydrogen-bond acceptors (Lipinski definition) is 5. The Hall–Kier alpha value is -3.87. The van der Waals surface area contributed by atoms with Crippen molar-refractivity contribution in [3.63, 3.8) is 0 Å². The summed E-state index contributed by atoms with van der Waals surface area (Å²) in [5, 5.41) is 13.3. The first-order chi connectivity index (χ1) is 14.1. The summed E-state index contributed by atoms with van der Waals surface area (Å²) in [6.07, 6.45) is 0.251. The van der Waals surface area contributed by atoms with Crippen LogP contribution in [0.1, 0.15) is 11.1 Å². The minimum atomic E-state index is -0.641. The van der Waals surface area contributed by atoms with E-state index in [-0.39, 0.29) is 5.69 Å². The molecular weight excluding hydrogens is 370 g/mol. The quantitative estimate of drug-likeness (QED) is 0.502. The minimum Gasteiger partial charge on any atom is -0.410 e. The maximum absolute atomic E-state index is 12.1.